The Hall–Kier alpha value is -3.43. The van der Waals surface area contributed by atoms with Crippen LogP contribution in [0, 0.1) is 6.92 Å². The van der Waals surface area contributed by atoms with Crippen LogP contribution in [-0.2, 0) is 11.8 Å². The molecule has 3 aromatic heterocycles. The molecule has 1 N–H and O–H groups in total. The van der Waals surface area contributed by atoms with Gasteiger partial charge in [-0.05, 0) is 56.6 Å². The summed E-state index contributed by atoms with van der Waals surface area (Å²) in [4.78, 5) is 29.4. The van der Waals surface area contributed by atoms with Crippen LogP contribution >= 0.6 is 11.3 Å². The van der Waals surface area contributed by atoms with E-state index in [0.29, 0.717) is 24.8 Å². The third-order valence-electron chi connectivity index (χ3n) is 6.94. The SMILES string of the molecule is Cc1cc(-c2ccnc(Nc3cnn([C@@H]4CCN(C)C4)c3)n2)ccc1CCC(=O)c1cnc(C(C)(C)C)s1. The molecule has 1 fully saturated rings. The van der Waals surface area contributed by atoms with Crippen molar-refractivity contribution in [3.8, 4) is 11.3 Å². The highest BCUT2D eigenvalue weighted by molar-refractivity contribution is 7.13. The number of aromatic nitrogens is 5. The number of benzene rings is 1. The van der Waals surface area contributed by atoms with Crippen LogP contribution in [-0.4, -0.2) is 55.6 Å². The summed E-state index contributed by atoms with van der Waals surface area (Å²) in [6, 6.07) is 8.62. The number of aryl methyl sites for hydroxylation is 2. The van der Waals surface area contributed by atoms with E-state index in [1.54, 1.807) is 12.4 Å². The Morgan fingerprint density at radius 2 is 2.03 bits per heavy atom. The monoisotopic (exact) mass is 529 g/mol. The fourth-order valence-corrected chi connectivity index (χ4v) is 5.64. The van der Waals surface area contributed by atoms with Gasteiger partial charge >= 0.3 is 0 Å². The first kappa shape index (κ1) is 26.2. The molecule has 0 bridgehead atoms. The van der Waals surface area contributed by atoms with Crippen LogP contribution < -0.4 is 5.32 Å². The number of carbonyl (C=O) groups excluding carboxylic acids is 1. The van der Waals surface area contributed by atoms with Crippen LogP contribution in [0.5, 0.6) is 0 Å². The molecule has 0 saturated carbocycles. The van der Waals surface area contributed by atoms with Crippen LogP contribution in [0.25, 0.3) is 11.3 Å². The number of likely N-dealkylation sites (tertiary alicyclic amines) is 1. The van der Waals surface area contributed by atoms with E-state index in [9.17, 15) is 4.79 Å². The first-order valence-electron chi connectivity index (χ1n) is 13.1. The smallest absolute Gasteiger partial charge is 0.227 e. The summed E-state index contributed by atoms with van der Waals surface area (Å²) in [6.45, 7) is 10.5. The number of hydrogen-bond donors (Lipinski definition) is 1. The maximum absolute atomic E-state index is 12.8. The zero-order valence-corrected chi connectivity index (χ0v) is 23.5. The molecular formula is C29H35N7OS. The number of Topliss-reactive ketones (excluding diaryl/α,β-unsaturated/α-hetero) is 1. The van der Waals surface area contributed by atoms with Crippen molar-refractivity contribution in [1.82, 2.24) is 29.6 Å². The summed E-state index contributed by atoms with van der Waals surface area (Å²) < 4.78 is 2.03. The van der Waals surface area contributed by atoms with Crippen molar-refractivity contribution in [2.24, 2.45) is 0 Å². The predicted molar refractivity (Wildman–Crippen MR) is 152 cm³/mol. The van der Waals surface area contributed by atoms with E-state index >= 15 is 0 Å². The summed E-state index contributed by atoms with van der Waals surface area (Å²) in [5, 5.41) is 8.83. The number of anilines is 2. The summed E-state index contributed by atoms with van der Waals surface area (Å²) in [6.07, 6.45) is 9.62. The average Bonchev–Trinajstić information content (AvgIpc) is 3.64. The lowest BCUT2D eigenvalue weighted by Gasteiger charge is -2.13. The van der Waals surface area contributed by atoms with Crippen molar-refractivity contribution in [3.05, 3.63) is 70.1 Å². The Bertz CT molecular complexity index is 1430. The van der Waals surface area contributed by atoms with Gasteiger partial charge in [-0.1, -0.05) is 32.9 Å². The van der Waals surface area contributed by atoms with Crippen LogP contribution in [0.4, 0.5) is 11.6 Å². The number of nitrogens with zero attached hydrogens (tertiary/aromatic N) is 6. The molecule has 0 spiro atoms. The molecule has 0 amide bonds. The third-order valence-corrected chi connectivity index (χ3v) is 8.40. The molecule has 0 radical (unpaired) electrons. The standard InChI is InChI=1S/C29H35N7OS/c1-19-14-21(7-6-20(19)8-9-25(37)26-16-31-27(38-26)29(2,3)4)24-10-12-30-28(34-24)33-22-15-32-36(17-22)23-11-13-35(5)18-23/h6-7,10,12,14-17,23H,8-9,11,13,18H2,1-5H3,(H,30,33,34)/t23-/m1/s1. The van der Waals surface area contributed by atoms with Gasteiger partial charge in [0.25, 0.3) is 0 Å². The molecule has 8 nitrogen and oxygen atoms in total. The van der Waals surface area contributed by atoms with Crippen LogP contribution in [0.15, 0.2) is 49.1 Å². The molecule has 1 aliphatic heterocycles. The minimum Gasteiger partial charge on any atom is -0.321 e. The lowest BCUT2D eigenvalue weighted by atomic mass is 9.98. The minimum atomic E-state index is -0.0409. The molecule has 5 rings (SSSR count). The first-order chi connectivity index (χ1) is 18.2. The third kappa shape index (κ3) is 6.00. The van der Waals surface area contributed by atoms with Crippen molar-refractivity contribution in [3.63, 3.8) is 0 Å². The fraction of sp³-hybridized carbons (Fsp3) is 0.414. The van der Waals surface area contributed by atoms with Gasteiger partial charge < -0.3 is 10.2 Å². The first-order valence-corrected chi connectivity index (χ1v) is 13.9. The number of rotatable bonds is 8. The van der Waals surface area contributed by atoms with Crippen LogP contribution in [0.2, 0.25) is 0 Å². The highest BCUT2D eigenvalue weighted by Gasteiger charge is 2.22. The molecule has 0 unspecified atom stereocenters. The van der Waals surface area contributed by atoms with Crippen molar-refractivity contribution in [1.29, 1.82) is 0 Å². The van der Waals surface area contributed by atoms with Crippen LogP contribution in [0.3, 0.4) is 0 Å². The largest absolute Gasteiger partial charge is 0.321 e. The van der Waals surface area contributed by atoms with Gasteiger partial charge in [0.05, 0.1) is 33.5 Å². The highest BCUT2D eigenvalue weighted by Crippen LogP contribution is 2.28. The topological polar surface area (TPSA) is 88.8 Å². The highest BCUT2D eigenvalue weighted by atomic mass is 32.1. The van der Waals surface area contributed by atoms with E-state index in [0.717, 1.165) is 51.9 Å². The lowest BCUT2D eigenvalue weighted by molar-refractivity contribution is 0.0986. The molecule has 4 heterocycles. The molecule has 1 atom stereocenters. The number of carbonyl (C=O) groups is 1. The molecule has 1 aromatic carbocycles. The van der Waals surface area contributed by atoms with Gasteiger partial charge in [-0.2, -0.15) is 5.10 Å². The molecule has 1 saturated heterocycles. The lowest BCUT2D eigenvalue weighted by Crippen LogP contribution is -2.16. The van der Waals surface area contributed by atoms with Gasteiger partial charge in [0, 0.05) is 42.5 Å². The van der Waals surface area contributed by atoms with Crippen molar-refractivity contribution < 1.29 is 4.79 Å². The van der Waals surface area contributed by atoms with E-state index in [-0.39, 0.29) is 11.2 Å². The van der Waals surface area contributed by atoms with Gasteiger partial charge in [-0.25, -0.2) is 15.0 Å². The zero-order valence-electron chi connectivity index (χ0n) is 22.7. The van der Waals surface area contributed by atoms with Crippen molar-refractivity contribution in [2.75, 3.05) is 25.5 Å². The van der Waals surface area contributed by atoms with E-state index in [1.807, 2.05) is 23.1 Å². The Morgan fingerprint density at radius 1 is 1.18 bits per heavy atom. The number of hydrogen-bond acceptors (Lipinski definition) is 8. The molecule has 198 valence electrons. The number of nitrogens with one attached hydrogen (secondary N) is 1. The van der Waals surface area contributed by atoms with Gasteiger partial charge in [0.1, 0.15) is 0 Å². The molecule has 4 aromatic rings. The normalized spacial score (nSPS) is 16.2. The van der Waals surface area contributed by atoms with E-state index < -0.39 is 0 Å². The average molecular weight is 530 g/mol. The maximum atomic E-state index is 12.8. The summed E-state index contributed by atoms with van der Waals surface area (Å²) in [5.41, 5.74) is 5.01. The molecule has 9 heteroatoms. The van der Waals surface area contributed by atoms with Gasteiger partial charge in [-0.3, -0.25) is 9.48 Å². The fourth-order valence-electron chi connectivity index (χ4n) is 4.70. The Morgan fingerprint density at radius 3 is 2.74 bits per heavy atom. The second kappa shape index (κ2) is 10.7. The number of thiazole rings is 1. The van der Waals surface area contributed by atoms with E-state index in [4.69, 9.17) is 4.98 Å². The van der Waals surface area contributed by atoms with Gasteiger partial charge in [0.15, 0.2) is 5.78 Å². The Labute approximate surface area is 228 Å². The van der Waals surface area contributed by atoms with Gasteiger partial charge in [-0.15, -0.1) is 11.3 Å². The molecule has 1 aliphatic rings. The predicted octanol–water partition coefficient (Wildman–Crippen LogP) is 5.84. The summed E-state index contributed by atoms with van der Waals surface area (Å²) in [7, 11) is 2.14. The molecule has 38 heavy (non-hydrogen) atoms. The second-order valence-corrected chi connectivity index (χ2v) is 12.2. The summed E-state index contributed by atoms with van der Waals surface area (Å²) >= 11 is 1.51. The maximum Gasteiger partial charge on any atom is 0.227 e. The van der Waals surface area contributed by atoms with E-state index in [1.165, 1.54) is 16.9 Å². The van der Waals surface area contributed by atoms with Crippen LogP contribution in [0.1, 0.15) is 65.5 Å². The molecular weight excluding hydrogens is 494 g/mol. The van der Waals surface area contributed by atoms with E-state index in [2.05, 4.69) is 78.2 Å². The van der Waals surface area contributed by atoms with Crippen molar-refractivity contribution in [2.45, 2.75) is 58.4 Å². The zero-order chi connectivity index (χ0) is 26.9. The Balaban J connectivity index is 1.23. The van der Waals surface area contributed by atoms with Crippen molar-refractivity contribution >= 4 is 28.8 Å². The number of ketones is 1. The minimum absolute atomic E-state index is 0.0409. The van der Waals surface area contributed by atoms with Gasteiger partial charge in [0.2, 0.25) is 5.95 Å². The second-order valence-electron chi connectivity index (χ2n) is 11.1. The Kier molecular flexibility index (Phi) is 7.40. The molecule has 0 aliphatic carbocycles. The number of likely N-dealkylation sites (N-methyl/N-ethyl adjacent to an activating group) is 1. The summed E-state index contributed by atoms with van der Waals surface area (Å²) in [5.74, 6) is 0.688. The quantitative estimate of drug-likeness (QED) is 0.287.